The molecule has 0 saturated carbocycles. The predicted molar refractivity (Wildman–Crippen MR) is 50.5 cm³/mol. The van der Waals surface area contributed by atoms with Gasteiger partial charge in [0, 0.05) is 12.0 Å². The van der Waals surface area contributed by atoms with E-state index in [2.05, 4.69) is 0 Å². The highest BCUT2D eigenvalue weighted by Crippen LogP contribution is 2.39. The van der Waals surface area contributed by atoms with Crippen molar-refractivity contribution < 1.29 is 28.6 Å². The number of aliphatic hydroxyl groups is 3. The van der Waals surface area contributed by atoms with Crippen molar-refractivity contribution in [3.05, 3.63) is 0 Å². The third kappa shape index (κ3) is 1.84. The molecule has 2 aliphatic rings. The second-order valence-corrected chi connectivity index (χ2v) is 7.30. The standard InChI is InChI=1S/C8H16O6Si/c1-4(2)15-12-6(8(11)14-15)3-5(9)7(10)13-15/h4-11H,3H2,1-2H3. The maximum absolute atomic E-state index is 9.56. The van der Waals surface area contributed by atoms with Gasteiger partial charge in [-0.3, -0.25) is 0 Å². The van der Waals surface area contributed by atoms with E-state index in [4.69, 9.17) is 13.3 Å². The average molecular weight is 236 g/mol. The van der Waals surface area contributed by atoms with Gasteiger partial charge in [0.1, 0.15) is 12.2 Å². The molecule has 0 aromatic heterocycles. The minimum atomic E-state index is -3.04. The SMILES string of the molecule is CC(C)[Si]12OC(O)C(O)CC(O1)C(O)O2. The molecule has 0 aromatic carbocycles. The number of hydrogen-bond acceptors (Lipinski definition) is 6. The molecule has 88 valence electrons. The lowest BCUT2D eigenvalue weighted by molar-refractivity contribution is -0.149. The van der Waals surface area contributed by atoms with E-state index >= 15 is 0 Å². The molecule has 5 atom stereocenters. The van der Waals surface area contributed by atoms with Crippen molar-refractivity contribution in [3.8, 4) is 0 Å². The van der Waals surface area contributed by atoms with Crippen LogP contribution in [0.4, 0.5) is 0 Å². The van der Waals surface area contributed by atoms with Crippen molar-refractivity contribution in [2.45, 2.75) is 50.6 Å². The first-order valence-corrected chi connectivity index (χ1v) is 6.82. The Balaban J connectivity index is 2.24. The third-order valence-electron chi connectivity index (χ3n) is 2.71. The van der Waals surface area contributed by atoms with Crippen molar-refractivity contribution in [1.82, 2.24) is 0 Å². The highest BCUT2D eigenvalue weighted by molar-refractivity contribution is 6.62. The fourth-order valence-electron chi connectivity index (χ4n) is 1.77. The van der Waals surface area contributed by atoms with Crippen LogP contribution in [-0.2, 0) is 13.3 Å². The zero-order valence-electron chi connectivity index (χ0n) is 8.66. The van der Waals surface area contributed by atoms with Crippen molar-refractivity contribution in [3.63, 3.8) is 0 Å². The summed E-state index contributed by atoms with van der Waals surface area (Å²) in [6.07, 6.45) is -3.89. The lowest BCUT2D eigenvalue weighted by Crippen LogP contribution is -2.49. The summed E-state index contributed by atoms with van der Waals surface area (Å²) in [4.78, 5) is 0. The van der Waals surface area contributed by atoms with Crippen LogP contribution in [0.5, 0.6) is 0 Å². The Kier molecular flexibility index (Phi) is 2.88. The molecule has 3 N–H and O–H groups in total. The van der Waals surface area contributed by atoms with E-state index in [9.17, 15) is 15.3 Å². The highest BCUT2D eigenvalue weighted by atomic mass is 28.4. The van der Waals surface area contributed by atoms with Crippen LogP contribution < -0.4 is 0 Å². The zero-order valence-corrected chi connectivity index (χ0v) is 9.66. The molecular formula is C8H16O6Si. The van der Waals surface area contributed by atoms with E-state index < -0.39 is 33.6 Å². The van der Waals surface area contributed by atoms with E-state index in [0.29, 0.717) is 0 Å². The smallest absolute Gasteiger partial charge is 0.388 e. The first-order chi connectivity index (χ1) is 6.94. The first-order valence-electron chi connectivity index (χ1n) is 5.02. The van der Waals surface area contributed by atoms with Gasteiger partial charge in [-0.2, -0.15) is 0 Å². The van der Waals surface area contributed by atoms with Crippen molar-refractivity contribution in [2.24, 2.45) is 0 Å². The summed E-state index contributed by atoms with van der Waals surface area (Å²) in [7, 11) is -3.04. The Morgan fingerprint density at radius 3 is 2.27 bits per heavy atom. The molecule has 0 radical (unpaired) electrons. The van der Waals surface area contributed by atoms with Crippen LogP contribution in [0.25, 0.3) is 0 Å². The van der Waals surface area contributed by atoms with Crippen molar-refractivity contribution in [1.29, 1.82) is 0 Å². The molecule has 6 nitrogen and oxygen atoms in total. The summed E-state index contributed by atoms with van der Waals surface area (Å²) in [6, 6.07) is 0. The maximum Gasteiger partial charge on any atom is 0.508 e. The molecule has 0 amide bonds. The van der Waals surface area contributed by atoms with Gasteiger partial charge in [0.15, 0.2) is 12.6 Å². The fourth-order valence-corrected chi connectivity index (χ4v) is 4.37. The van der Waals surface area contributed by atoms with E-state index in [1.54, 1.807) is 0 Å². The zero-order chi connectivity index (χ0) is 11.2. The van der Waals surface area contributed by atoms with Crippen LogP contribution >= 0.6 is 0 Å². The molecule has 15 heavy (non-hydrogen) atoms. The summed E-state index contributed by atoms with van der Waals surface area (Å²) < 4.78 is 16.1. The quantitative estimate of drug-likeness (QED) is 0.515. The molecule has 2 rings (SSSR count). The highest BCUT2D eigenvalue weighted by Gasteiger charge is 2.60. The van der Waals surface area contributed by atoms with Gasteiger partial charge in [0.2, 0.25) is 0 Å². The molecule has 0 spiro atoms. The average Bonchev–Trinajstić information content (AvgIpc) is 2.37. The number of hydrogen-bond donors (Lipinski definition) is 3. The Hall–Kier alpha value is -0.0231. The van der Waals surface area contributed by atoms with Gasteiger partial charge < -0.3 is 28.6 Å². The summed E-state index contributed by atoms with van der Waals surface area (Å²) in [6.45, 7) is 3.68. The molecule has 2 aliphatic heterocycles. The summed E-state index contributed by atoms with van der Waals surface area (Å²) in [5.74, 6) is 0. The van der Waals surface area contributed by atoms with Gasteiger partial charge in [-0.1, -0.05) is 13.8 Å². The second kappa shape index (κ2) is 3.77. The number of rotatable bonds is 1. The lowest BCUT2D eigenvalue weighted by Gasteiger charge is -2.29. The van der Waals surface area contributed by atoms with Gasteiger partial charge in [0.05, 0.1) is 0 Å². The summed E-state index contributed by atoms with van der Waals surface area (Å²) in [5, 5.41) is 28.6. The normalized spacial score (nSPS) is 50.8. The molecule has 5 unspecified atom stereocenters. The molecule has 2 saturated heterocycles. The summed E-state index contributed by atoms with van der Waals surface area (Å²) in [5.41, 5.74) is -0.0721. The van der Waals surface area contributed by atoms with Crippen LogP contribution in [0.3, 0.4) is 0 Å². The van der Waals surface area contributed by atoms with Crippen LogP contribution in [0.2, 0.25) is 5.54 Å². The second-order valence-electron chi connectivity index (χ2n) is 4.23. The minimum absolute atomic E-state index is 0.0721. The van der Waals surface area contributed by atoms with Gasteiger partial charge in [-0.25, -0.2) is 0 Å². The maximum atomic E-state index is 9.56. The monoisotopic (exact) mass is 236 g/mol. The predicted octanol–water partition coefficient (Wildman–Crippen LogP) is -0.831. The van der Waals surface area contributed by atoms with Crippen LogP contribution in [-0.4, -0.2) is 48.9 Å². The lowest BCUT2D eigenvalue weighted by atomic mass is 10.1. The minimum Gasteiger partial charge on any atom is -0.388 e. The van der Waals surface area contributed by atoms with E-state index in [1.165, 1.54) is 0 Å². The summed E-state index contributed by atoms with van der Waals surface area (Å²) >= 11 is 0. The largest absolute Gasteiger partial charge is 0.508 e. The molecule has 2 fully saturated rings. The van der Waals surface area contributed by atoms with E-state index in [-0.39, 0.29) is 12.0 Å². The van der Waals surface area contributed by atoms with E-state index in [0.717, 1.165) is 0 Å². The number of fused-ring (bicyclic) bond motifs is 2. The molecule has 2 heterocycles. The Morgan fingerprint density at radius 1 is 1.07 bits per heavy atom. The molecule has 2 bridgehead atoms. The molecular weight excluding hydrogens is 220 g/mol. The van der Waals surface area contributed by atoms with Gasteiger partial charge in [0.25, 0.3) is 0 Å². The Bertz CT molecular complexity index is 249. The van der Waals surface area contributed by atoms with Gasteiger partial charge >= 0.3 is 8.80 Å². The van der Waals surface area contributed by atoms with Gasteiger partial charge in [-0.15, -0.1) is 0 Å². The molecule has 0 aromatic rings. The first kappa shape index (κ1) is 11.5. The van der Waals surface area contributed by atoms with Gasteiger partial charge in [-0.05, 0) is 0 Å². The van der Waals surface area contributed by atoms with Crippen LogP contribution in [0.1, 0.15) is 20.3 Å². The molecule has 0 aliphatic carbocycles. The topological polar surface area (TPSA) is 88.4 Å². The third-order valence-corrected chi connectivity index (χ3v) is 5.90. The van der Waals surface area contributed by atoms with Crippen LogP contribution in [0.15, 0.2) is 0 Å². The van der Waals surface area contributed by atoms with Crippen LogP contribution in [0, 0.1) is 0 Å². The molecule has 7 heteroatoms. The fraction of sp³-hybridized carbons (Fsp3) is 1.00. The van der Waals surface area contributed by atoms with Crippen molar-refractivity contribution in [2.75, 3.05) is 0 Å². The Morgan fingerprint density at radius 2 is 1.67 bits per heavy atom. The Labute approximate surface area is 88.8 Å². The van der Waals surface area contributed by atoms with Crippen molar-refractivity contribution >= 4 is 8.80 Å². The van der Waals surface area contributed by atoms with E-state index in [1.807, 2.05) is 13.8 Å². The number of aliphatic hydroxyl groups excluding tert-OH is 3.